The van der Waals surface area contributed by atoms with Gasteiger partial charge in [-0.3, -0.25) is 4.68 Å². The molecule has 2 nitrogen and oxygen atoms in total. The lowest BCUT2D eigenvalue weighted by Crippen LogP contribution is -2.05. The molecule has 0 radical (unpaired) electrons. The highest BCUT2D eigenvalue weighted by atomic mass is 35.5. The molecule has 0 spiro atoms. The Labute approximate surface area is 120 Å². The molecule has 1 aromatic carbocycles. The number of rotatable bonds is 5. The van der Waals surface area contributed by atoms with E-state index in [1.165, 1.54) is 16.8 Å². The molecule has 1 atom stereocenters. The first-order chi connectivity index (χ1) is 9.13. The van der Waals surface area contributed by atoms with E-state index in [1.807, 2.05) is 13.0 Å². The summed E-state index contributed by atoms with van der Waals surface area (Å²) in [6.07, 6.45) is 1.94. The van der Waals surface area contributed by atoms with Crippen molar-refractivity contribution in [1.82, 2.24) is 9.78 Å². The fraction of sp³-hybridized carbons (Fsp3) is 0.438. The minimum atomic E-state index is 0.0745. The molecule has 1 heterocycles. The summed E-state index contributed by atoms with van der Waals surface area (Å²) in [4.78, 5) is 0. The van der Waals surface area contributed by atoms with E-state index in [0.29, 0.717) is 0 Å². The van der Waals surface area contributed by atoms with Gasteiger partial charge in [0.25, 0.3) is 0 Å². The van der Waals surface area contributed by atoms with Crippen LogP contribution in [0.3, 0.4) is 0 Å². The molecule has 1 unspecified atom stereocenters. The van der Waals surface area contributed by atoms with Gasteiger partial charge < -0.3 is 0 Å². The SMILES string of the molecule is CCC(Cl)c1c(C)nn(CCc2ccccc2)c1C. The van der Waals surface area contributed by atoms with E-state index in [-0.39, 0.29) is 5.38 Å². The molecule has 0 aliphatic heterocycles. The Morgan fingerprint density at radius 2 is 1.89 bits per heavy atom. The Kier molecular flexibility index (Phi) is 4.65. The van der Waals surface area contributed by atoms with Crippen LogP contribution in [0.4, 0.5) is 0 Å². The first-order valence-electron chi connectivity index (χ1n) is 6.85. The van der Waals surface area contributed by atoms with Gasteiger partial charge in [-0.2, -0.15) is 5.10 Å². The van der Waals surface area contributed by atoms with Crippen LogP contribution in [0.2, 0.25) is 0 Å². The fourth-order valence-corrected chi connectivity index (χ4v) is 2.78. The normalized spacial score (nSPS) is 12.6. The minimum absolute atomic E-state index is 0.0745. The van der Waals surface area contributed by atoms with Crippen LogP contribution in [0.15, 0.2) is 30.3 Å². The molecule has 2 rings (SSSR count). The Balaban J connectivity index is 2.14. The maximum atomic E-state index is 6.38. The topological polar surface area (TPSA) is 17.8 Å². The summed E-state index contributed by atoms with van der Waals surface area (Å²) in [5, 5.41) is 4.70. The van der Waals surface area contributed by atoms with Crippen LogP contribution in [-0.2, 0) is 13.0 Å². The van der Waals surface area contributed by atoms with E-state index >= 15 is 0 Å². The third kappa shape index (κ3) is 3.19. The second-order valence-corrected chi connectivity index (χ2v) is 5.45. The summed E-state index contributed by atoms with van der Waals surface area (Å²) in [6, 6.07) is 10.5. The Hall–Kier alpha value is -1.28. The molecule has 19 heavy (non-hydrogen) atoms. The second-order valence-electron chi connectivity index (χ2n) is 4.92. The standard InChI is InChI=1S/C16H21ClN2/c1-4-15(17)16-12(2)18-19(13(16)3)11-10-14-8-6-5-7-9-14/h5-9,15H,4,10-11H2,1-3H3. The smallest absolute Gasteiger partial charge is 0.0643 e. The van der Waals surface area contributed by atoms with Crippen molar-refractivity contribution in [2.75, 3.05) is 0 Å². The van der Waals surface area contributed by atoms with Crippen LogP contribution in [0, 0.1) is 13.8 Å². The fourth-order valence-electron chi connectivity index (χ4n) is 2.47. The van der Waals surface area contributed by atoms with Crippen LogP contribution >= 0.6 is 11.6 Å². The molecule has 1 aromatic heterocycles. The molecule has 0 N–H and O–H groups in total. The van der Waals surface area contributed by atoms with Gasteiger partial charge >= 0.3 is 0 Å². The van der Waals surface area contributed by atoms with Crippen molar-refractivity contribution < 1.29 is 0 Å². The monoisotopic (exact) mass is 276 g/mol. The maximum Gasteiger partial charge on any atom is 0.0643 e. The van der Waals surface area contributed by atoms with Crippen LogP contribution in [0.1, 0.15) is 41.2 Å². The third-order valence-corrected chi connectivity index (χ3v) is 4.09. The van der Waals surface area contributed by atoms with Crippen molar-refractivity contribution in [1.29, 1.82) is 0 Å². The van der Waals surface area contributed by atoms with E-state index in [1.54, 1.807) is 0 Å². The molecular formula is C16H21ClN2. The zero-order chi connectivity index (χ0) is 13.8. The van der Waals surface area contributed by atoms with Crippen molar-refractivity contribution in [3.05, 3.63) is 52.8 Å². The van der Waals surface area contributed by atoms with Gasteiger partial charge in [0.1, 0.15) is 0 Å². The number of aryl methyl sites for hydroxylation is 3. The lowest BCUT2D eigenvalue weighted by molar-refractivity contribution is 0.593. The van der Waals surface area contributed by atoms with Gasteiger partial charge in [-0.05, 0) is 32.3 Å². The Morgan fingerprint density at radius 3 is 2.53 bits per heavy atom. The third-order valence-electron chi connectivity index (χ3n) is 3.56. The summed E-state index contributed by atoms with van der Waals surface area (Å²) in [7, 11) is 0. The average Bonchev–Trinajstić information content (AvgIpc) is 2.71. The minimum Gasteiger partial charge on any atom is -0.269 e. The number of benzene rings is 1. The largest absolute Gasteiger partial charge is 0.269 e. The van der Waals surface area contributed by atoms with Crippen LogP contribution in [-0.4, -0.2) is 9.78 Å². The molecule has 0 bridgehead atoms. The highest BCUT2D eigenvalue weighted by Crippen LogP contribution is 2.29. The first-order valence-corrected chi connectivity index (χ1v) is 7.29. The van der Waals surface area contributed by atoms with E-state index in [0.717, 1.165) is 25.1 Å². The van der Waals surface area contributed by atoms with E-state index in [4.69, 9.17) is 11.6 Å². The molecular weight excluding hydrogens is 256 g/mol. The van der Waals surface area contributed by atoms with Crippen molar-refractivity contribution >= 4 is 11.6 Å². The molecule has 102 valence electrons. The Morgan fingerprint density at radius 1 is 1.21 bits per heavy atom. The summed E-state index contributed by atoms with van der Waals surface area (Å²) in [5.41, 5.74) is 4.81. The average molecular weight is 277 g/mol. The van der Waals surface area contributed by atoms with Crippen molar-refractivity contribution in [3.8, 4) is 0 Å². The lowest BCUT2D eigenvalue weighted by Gasteiger charge is -2.08. The number of nitrogens with zero attached hydrogens (tertiary/aromatic N) is 2. The molecule has 0 aliphatic rings. The molecule has 3 heteroatoms. The lowest BCUT2D eigenvalue weighted by atomic mass is 10.1. The summed E-state index contributed by atoms with van der Waals surface area (Å²) in [5.74, 6) is 0. The van der Waals surface area contributed by atoms with Crippen molar-refractivity contribution in [2.24, 2.45) is 0 Å². The van der Waals surface area contributed by atoms with Gasteiger partial charge in [0.15, 0.2) is 0 Å². The highest BCUT2D eigenvalue weighted by molar-refractivity contribution is 6.20. The van der Waals surface area contributed by atoms with Crippen molar-refractivity contribution in [2.45, 2.75) is 45.5 Å². The van der Waals surface area contributed by atoms with Gasteiger partial charge in [0, 0.05) is 17.8 Å². The van der Waals surface area contributed by atoms with Gasteiger partial charge in [-0.1, -0.05) is 37.3 Å². The van der Waals surface area contributed by atoms with Crippen LogP contribution in [0.25, 0.3) is 0 Å². The summed E-state index contributed by atoms with van der Waals surface area (Å²) < 4.78 is 2.09. The predicted molar refractivity (Wildman–Crippen MR) is 80.7 cm³/mol. The van der Waals surface area contributed by atoms with Crippen LogP contribution in [0.5, 0.6) is 0 Å². The first kappa shape index (κ1) is 14.1. The van der Waals surface area contributed by atoms with E-state index in [9.17, 15) is 0 Å². The van der Waals surface area contributed by atoms with Gasteiger partial charge in [0.2, 0.25) is 0 Å². The van der Waals surface area contributed by atoms with E-state index < -0.39 is 0 Å². The molecule has 0 fully saturated rings. The van der Waals surface area contributed by atoms with Gasteiger partial charge in [0.05, 0.1) is 11.1 Å². The predicted octanol–water partition coefficient (Wildman–Crippen LogP) is 4.43. The summed E-state index contributed by atoms with van der Waals surface area (Å²) in [6.45, 7) is 7.18. The van der Waals surface area contributed by atoms with Crippen LogP contribution < -0.4 is 0 Å². The molecule has 0 saturated carbocycles. The maximum absolute atomic E-state index is 6.38. The molecule has 0 saturated heterocycles. The molecule has 2 aromatic rings. The van der Waals surface area contributed by atoms with Gasteiger partial charge in [-0.15, -0.1) is 11.6 Å². The Bertz CT molecular complexity index is 531. The van der Waals surface area contributed by atoms with Gasteiger partial charge in [-0.25, -0.2) is 0 Å². The highest BCUT2D eigenvalue weighted by Gasteiger charge is 2.17. The summed E-state index contributed by atoms with van der Waals surface area (Å²) >= 11 is 6.38. The van der Waals surface area contributed by atoms with E-state index in [2.05, 4.69) is 47.9 Å². The second kappa shape index (κ2) is 6.25. The van der Waals surface area contributed by atoms with Crippen molar-refractivity contribution in [3.63, 3.8) is 0 Å². The quantitative estimate of drug-likeness (QED) is 0.739. The number of halogens is 1. The zero-order valence-electron chi connectivity index (χ0n) is 11.9. The number of alkyl halides is 1. The number of hydrogen-bond acceptors (Lipinski definition) is 1. The zero-order valence-corrected chi connectivity index (χ0v) is 12.6. The number of hydrogen-bond donors (Lipinski definition) is 0. The number of aromatic nitrogens is 2. The molecule has 0 amide bonds. The molecule has 0 aliphatic carbocycles.